The minimum Gasteiger partial charge on any atom is -0.382 e. The zero-order valence-corrected chi connectivity index (χ0v) is 16.8. The Labute approximate surface area is 170 Å². The van der Waals surface area contributed by atoms with Crippen LogP contribution in [0.2, 0.25) is 0 Å². The Morgan fingerprint density at radius 2 is 2.03 bits per heavy atom. The van der Waals surface area contributed by atoms with Gasteiger partial charge in [-0.05, 0) is 49.9 Å². The van der Waals surface area contributed by atoms with Crippen LogP contribution < -0.4 is 10.6 Å². The number of rotatable bonds is 5. The fourth-order valence-electron chi connectivity index (χ4n) is 4.64. The lowest BCUT2D eigenvalue weighted by Gasteiger charge is -2.30. The zero-order valence-electron chi connectivity index (χ0n) is 16.8. The molecule has 1 aromatic rings. The first-order valence-electron chi connectivity index (χ1n) is 10.6. The van der Waals surface area contributed by atoms with E-state index < -0.39 is 6.04 Å². The van der Waals surface area contributed by atoms with Crippen LogP contribution in [0.5, 0.6) is 0 Å². The normalized spacial score (nSPS) is 27.3. The molecule has 0 radical (unpaired) electrons. The molecule has 2 fully saturated rings. The van der Waals surface area contributed by atoms with Crippen molar-refractivity contribution in [2.45, 2.75) is 64.1 Å². The molecule has 1 aliphatic carbocycles. The van der Waals surface area contributed by atoms with E-state index >= 15 is 0 Å². The Balaban J connectivity index is 1.48. The van der Waals surface area contributed by atoms with E-state index in [1.54, 1.807) is 4.90 Å². The standard InChI is InChI=1S/C22H28N4O3/c1-2-23-12-14-5-3-4-6-18(14)24-16-7-8-17-15(11-16)13-26(22(17)29)19-9-10-20(27)25-21(19)28/h7-8,11-12,14,18-19,24H,2-6,9-10,13H2,1H3,(H,25,27,28)/b23-12+/t14?,18-,19?/m1/s1. The number of benzene rings is 1. The van der Waals surface area contributed by atoms with Gasteiger partial charge in [0.25, 0.3) is 5.91 Å². The summed E-state index contributed by atoms with van der Waals surface area (Å²) in [5.74, 6) is -0.346. The minimum atomic E-state index is -0.572. The van der Waals surface area contributed by atoms with Gasteiger partial charge in [0.05, 0.1) is 0 Å². The van der Waals surface area contributed by atoms with Crippen molar-refractivity contribution in [1.82, 2.24) is 10.2 Å². The number of nitrogens with one attached hydrogen (secondary N) is 2. The third-order valence-electron chi connectivity index (χ3n) is 6.17. The van der Waals surface area contributed by atoms with Gasteiger partial charge in [-0.2, -0.15) is 0 Å². The van der Waals surface area contributed by atoms with Gasteiger partial charge in [-0.25, -0.2) is 0 Å². The molecular formula is C22H28N4O3. The molecule has 0 spiro atoms. The quantitative estimate of drug-likeness (QED) is 0.591. The Morgan fingerprint density at radius 1 is 1.21 bits per heavy atom. The lowest BCUT2D eigenvalue weighted by Crippen LogP contribution is -2.52. The van der Waals surface area contributed by atoms with E-state index in [0.29, 0.717) is 30.5 Å². The third kappa shape index (κ3) is 4.04. The molecule has 2 heterocycles. The van der Waals surface area contributed by atoms with Crippen LogP contribution in [0.15, 0.2) is 23.2 Å². The summed E-state index contributed by atoms with van der Waals surface area (Å²) >= 11 is 0. The third-order valence-corrected chi connectivity index (χ3v) is 6.17. The molecule has 3 aliphatic rings. The fourth-order valence-corrected chi connectivity index (χ4v) is 4.64. The highest BCUT2D eigenvalue weighted by Crippen LogP contribution is 2.31. The summed E-state index contributed by atoms with van der Waals surface area (Å²) in [4.78, 5) is 42.5. The largest absolute Gasteiger partial charge is 0.382 e. The van der Waals surface area contributed by atoms with E-state index in [0.717, 1.165) is 30.6 Å². The molecule has 0 aromatic heterocycles. The SMILES string of the molecule is CC/N=C/C1CCCC[C@H]1Nc1ccc2c(c1)CN(C1CCC(=O)NC1=O)C2=O. The van der Waals surface area contributed by atoms with Crippen LogP contribution in [0.25, 0.3) is 0 Å². The highest BCUT2D eigenvalue weighted by atomic mass is 16.2. The van der Waals surface area contributed by atoms with Crippen molar-refractivity contribution in [3.8, 4) is 0 Å². The van der Waals surface area contributed by atoms with Crippen LogP contribution in [-0.2, 0) is 16.1 Å². The molecule has 3 atom stereocenters. The van der Waals surface area contributed by atoms with Crippen LogP contribution in [0.4, 0.5) is 5.69 Å². The monoisotopic (exact) mass is 396 g/mol. The molecular weight excluding hydrogens is 368 g/mol. The van der Waals surface area contributed by atoms with Gasteiger partial charge >= 0.3 is 0 Å². The van der Waals surface area contributed by atoms with Gasteiger partial charge in [0, 0.05) is 48.9 Å². The number of nitrogens with zero attached hydrogens (tertiary/aromatic N) is 2. The Hall–Kier alpha value is -2.70. The molecule has 7 nitrogen and oxygen atoms in total. The maximum Gasteiger partial charge on any atom is 0.255 e. The van der Waals surface area contributed by atoms with Crippen LogP contribution >= 0.6 is 0 Å². The number of fused-ring (bicyclic) bond motifs is 1. The summed E-state index contributed by atoms with van der Waals surface area (Å²) in [6.45, 7) is 3.26. The Kier molecular flexibility index (Phi) is 5.65. The first kappa shape index (κ1) is 19.6. The van der Waals surface area contributed by atoms with Crippen LogP contribution in [0.3, 0.4) is 0 Å². The van der Waals surface area contributed by atoms with Crippen molar-refractivity contribution in [3.05, 3.63) is 29.3 Å². The molecule has 2 unspecified atom stereocenters. The lowest BCUT2D eigenvalue weighted by atomic mass is 9.85. The summed E-state index contributed by atoms with van der Waals surface area (Å²) in [6, 6.07) is 5.61. The second-order valence-corrected chi connectivity index (χ2v) is 8.12. The Morgan fingerprint density at radius 3 is 2.83 bits per heavy atom. The summed E-state index contributed by atoms with van der Waals surface area (Å²) in [5, 5.41) is 5.99. The van der Waals surface area contributed by atoms with E-state index in [1.165, 1.54) is 12.8 Å². The van der Waals surface area contributed by atoms with Gasteiger partial charge < -0.3 is 10.2 Å². The number of anilines is 1. The van der Waals surface area contributed by atoms with Crippen LogP contribution in [0.1, 0.15) is 61.4 Å². The van der Waals surface area contributed by atoms with Gasteiger partial charge in [0.1, 0.15) is 6.04 Å². The van der Waals surface area contributed by atoms with E-state index in [1.807, 2.05) is 25.1 Å². The molecule has 7 heteroatoms. The Bertz CT molecular complexity index is 850. The summed E-state index contributed by atoms with van der Waals surface area (Å²) in [7, 11) is 0. The molecule has 2 aliphatic heterocycles. The van der Waals surface area contributed by atoms with Gasteiger partial charge in [-0.1, -0.05) is 12.8 Å². The zero-order chi connectivity index (χ0) is 20.4. The summed E-state index contributed by atoms with van der Waals surface area (Å²) in [5.41, 5.74) is 2.58. The number of imide groups is 1. The van der Waals surface area contributed by atoms with Crippen molar-refractivity contribution in [1.29, 1.82) is 0 Å². The number of carbonyl (C=O) groups excluding carboxylic acids is 3. The van der Waals surface area contributed by atoms with Crippen molar-refractivity contribution in [2.24, 2.45) is 10.9 Å². The predicted octanol–water partition coefficient (Wildman–Crippen LogP) is 2.51. The molecule has 4 rings (SSSR count). The average molecular weight is 396 g/mol. The summed E-state index contributed by atoms with van der Waals surface area (Å²) < 4.78 is 0. The number of carbonyl (C=O) groups is 3. The summed E-state index contributed by atoms with van der Waals surface area (Å²) in [6.07, 6.45) is 7.45. The topological polar surface area (TPSA) is 90.9 Å². The van der Waals surface area contributed by atoms with E-state index in [-0.39, 0.29) is 24.1 Å². The van der Waals surface area contributed by atoms with Crippen molar-refractivity contribution in [2.75, 3.05) is 11.9 Å². The van der Waals surface area contributed by atoms with Crippen molar-refractivity contribution >= 4 is 29.6 Å². The maximum atomic E-state index is 12.8. The van der Waals surface area contributed by atoms with Crippen molar-refractivity contribution in [3.63, 3.8) is 0 Å². The molecule has 1 saturated heterocycles. The molecule has 3 amide bonds. The smallest absolute Gasteiger partial charge is 0.255 e. The van der Waals surface area contributed by atoms with Gasteiger partial charge in [0.2, 0.25) is 11.8 Å². The van der Waals surface area contributed by atoms with E-state index in [2.05, 4.69) is 21.8 Å². The molecule has 154 valence electrons. The number of hydrogen-bond donors (Lipinski definition) is 2. The average Bonchev–Trinajstić information content (AvgIpc) is 3.03. The predicted molar refractivity (Wildman–Crippen MR) is 111 cm³/mol. The minimum absolute atomic E-state index is 0.133. The highest BCUT2D eigenvalue weighted by Gasteiger charge is 2.39. The highest BCUT2D eigenvalue weighted by molar-refractivity contribution is 6.05. The number of aliphatic imine (C=N–C) groups is 1. The molecule has 1 saturated carbocycles. The number of amides is 3. The van der Waals surface area contributed by atoms with Gasteiger partial charge in [-0.15, -0.1) is 0 Å². The lowest BCUT2D eigenvalue weighted by molar-refractivity contribution is -0.136. The second kappa shape index (κ2) is 8.35. The van der Waals surface area contributed by atoms with Crippen molar-refractivity contribution < 1.29 is 14.4 Å². The van der Waals surface area contributed by atoms with Crippen LogP contribution in [-0.4, -0.2) is 47.5 Å². The van der Waals surface area contributed by atoms with E-state index in [9.17, 15) is 14.4 Å². The molecule has 2 N–H and O–H groups in total. The first-order chi connectivity index (χ1) is 14.1. The molecule has 29 heavy (non-hydrogen) atoms. The van der Waals surface area contributed by atoms with E-state index in [4.69, 9.17) is 0 Å². The molecule has 1 aromatic carbocycles. The fraction of sp³-hybridized carbons (Fsp3) is 0.545. The van der Waals surface area contributed by atoms with Gasteiger partial charge in [0.15, 0.2) is 0 Å². The van der Waals surface area contributed by atoms with Crippen LogP contribution in [0, 0.1) is 5.92 Å². The first-order valence-corrected chi connectivity index (χ1v) is 10.6. The maximum absolute atomic E-state index is 12.8. The number of hydrogen-bond acceptors (Lipinski definition) is 5. The second-order valence-electron chi connectivity index (χ2n) is 8.12. The van der Waals surface area contributed by atoms with Gasteiger partial charge in [-0.3, -0.25) is 24.7 Å². The number of piperidine rings is 1. The molecule has 0 bridgehead atoms.